The summed E-state index contributed by atoms with van der Waals surface area (Å²) in [6.07, 6.45) is 5.22. The van der Waals surface area contributed by atoms with E-state index in [0.29, 0.717) is 27.8 Å². The molecule has 0 aromatic carbocycles. The maximum atomic E-state index is 12.3. The van der Waals surface area contributed by atoms with Gasteiger partial charge in [-0.1, -0.05) is 19.8 Å². The van der Waals surface area contributed by atoms with Gasteiger partial charge in [0.2, 0.25) is 0 Å². The maximum absolute atomic E-state index is 12.3. The zero-order valence-electron chi connectivity index (χ0n) is 12.9. The van der Waals surface area contributed by atoms with Crippen molar-refractivity contribution < 1.29 is 14.7 Å². The lowest BCUT2D eigenvalue weighted by molar-refractivity contribution is -0.139. The number of carboxylic acids is 1. The van der Waals surface area contributed by atoms with E-state index in [9.17, 15) is 14.7 Å². The molecule has 2 N–H and O–H groups in total. The second kappa shape index (κ2) is 7.77. The van der Waals surface area contributed by atoms with E-state index in [4.69, 9.17) is 0 Å². The number of aromatic nitrogens is 3. The second-order valence-electron chi connectivity index (χ2n) is 5.01. The number of rotatable bonds is 7. The van der Waals surface area contributed by atoms with E-state index in [2.05, 4.69) is 20.3 Å². The fraction of sp³-hybridized carbons (Fsp3) is 0.400. The molecule has 0 saturated heterocycles. The summed E-state index contributed by atoms with van der Waals surface area (Å²) in [5.41, 5.74) is 0.537. The van der Waals surface area contributed by atoms with Crippen LogP contribution in [0.2, 0.25) is 0 Å². The lowest BCUT2D eigenvalue weighted by Crippen LogP contribution is -2.40. The van der Waals surface area contributed by atoms with Crippen LogP contribution in [0.25, 0.3) is 10.8 Å². The minimum Gasteiger partial charge on any atom is -0.480 e. The summed E-state index contributed by atoms with van der Waals surface area (Å²) in [6.45, 7) is 3.68. The van der Waals surface area contributed by atoms with Gasteiger partial charge in [-0.05, 0) is 19.4 Å². The van der Waals surface area contributed by atoms with Crippen molar-refractivity contribution in [1.82, 2.24) is 20.3 Å². The molecular formula is C15H18N4O3S. The van der Waals surface area contributed by atoms with Crippen molar-refractivity contribution in [3.63, 3.8) is 0 Å². The number of carboxylic acid groups (broad SMARTS) is 1. The molecule has 0 radical (unpaired) electrons. The van der Waals surface area contributed by atoms with Crippen LogP contribution in [0.1, 0.15) is 41.6 Å². The van der Waals surface area contributed by atoms with Crippen molar-refractivity contribution in [3.05, 3.63) is 29.0 Å². The SMILES string of the molecule is CCCC[C@H](NC(=O)c1sc(-c2ncccn2)nc1C)C(=O)O. The normalized spacial score (nSPS) is 11.9. The molecule has 0 fully saturated rings. The van der Waals surface area contributed by atoms with Crippen molar-refractivity contribution in [2.24, 2.45) is 0 Å². The molecule has 122 valence electrons. The molecule has 2 aromatic rings. The van der Waals surface area contributed by atoms with Crippen LogP contribution in [-0.2, 0) is 4.79 Å². The monoisotopic (exact) mass is 334 g/mol. The summed E-state index contributed by atoms with van der Waals surface area (Å²) in [5, 5.41) is 12.3. The van der Waals surface area contributed by atoms with Crippen LogP contribution in [0.15, 0.2) is 18.5 Å². The Morgan fingerprint density at radius 1 is 1.35 bits per heavy atom. The molecule has 1 atom stereocenters. The molecule has 2 heterocycles. The molecule has 0 unspecified atom stereocenters. The minimum absolute atomic E-state index is 0.384. The molecule has 0 bridgehead atoms. The molecule has 0 aliphatic rings. The first-order valence-electron chi connectivity index (χ1n) is 7.31. The average Bonchev–Trinajstić information content (AvgIpc) is 2.94. The van der Waals surface area contributed by atoms with Crippen molar-refractivity contribution in [2.75, 3.05) is 0 Å². The predicted octanol–water partition coefficient (Wildman–Crippen LogP) is 2.28. The number of aryl methyl sites for hydroxylation is 1. The summed E-state index contributed by atoms with van der Waals surface area (Å²) < 4.78 is 0. The fourth-order valence-corrected chi connectivity index (χ4v) is 2.92. The zero-order chi connectivity index (χ0) is 16.8. The van der Waals surface area contributed by atoms with Gasteiger partial charge in [-0.25, -0.2) is 19.7 Å². The van der Waals surface area contributed by atoms with Crippen LogP contribution >= 0.6 is 11.3 Å². The molecular weight excluding hydrogens is 316 g/mol. The Morgan fingerprint density at radius 3 is 2.65 bits per heavy atom. The average molecular weight is 334 g/mol. The summed E-state index contributed by atoms with van der Waals surface area (Å²) in [4.78, 5) is 36.5. The van der Waals surface area contributed by atoms with Gasteiger partial charge < -0.3 is 10.4 Å². The van der Waals surface area contributed by atoms with E-state index in [1.807, 2.05) is 6.92 Å². The van der Waals surface area contributed by atoms with Crippen LogP contribution in [0.5, 0.6) is 0 Å². The Hall–Kier alpha value is -2.35. The minimum atomic E-state index is -1.03. The van der Waals surface area contributed by atoms with E-state index in [1.54, 1.807) is 25.4 Å². The van der Waals surface area contributed by atoms with Gasteiger partial charge in [0, 0.05) is 12.4 Å². The van der Waals surface area contributed by atoms with Gasteiger partial charge in [0.1, 0.15) is 10.9 Å². The van der Waals surface area contributed by atoms with Crippen LogP contribution in [0, 0.1) is 6.92 Å². The van der Waals surface area contributed by atoms with Gasteiger partial charge in [0.05, 0.1) is 5.69 Å². The predicted molar refractivity (Wildman–Crippen MR) is 86.3 cm³/mol. The Balaban J connectivity index is 2.16. The molecule has 0 saturated carbocycles. The Kier molecular flexibility index (Phi) is 5.75. The van der Waals surface area contributed by atoms with Gasteiger partial charge in [0.25, 0.3) is 5.91 Å². The molecule has 0 aliphatic carbocycles. The first-order chi connectivity index (χ1) is 11.0. The van der Waals surface area contributed by atoms with E-state index in [-0.39, 0.29) is 0 Å². The second-order valence-corrected chi connectivity index (χ2v) is 6.01. The Morgan fingerprint density at radius 2 is 2.04 bits per heavy atom. The highest BCUT2D eigenvalue weighted by atomic mass is 32.1. The third-order valence-corrected chi connectivity index (χ3v) is 4.36. The van der Waals surface area contributed by atoms with E-state index < -0.39 is 17.9 Å². The molecule has 23 heavy (non-hydrogen) atoms. The number of amides is 1. The lowest BCUT2D eigenvalue weighted by atomic mass is 10.1. The van der Waals surface area contributed by atoms with Crippen molar-refractivity contribution in [3.8, 4) is 10.8 Å². The zero-order valence-corrected chi connectivity index (χ0v) is 13.8. The van der Waals surface area contributed by atoms with Gasteiger partial charge in [-0.2, -0.15) is 0 Å². The number of carbonyl (C=O) groups excluding carboxylic acids is 1. The third-order valence-electron chi connectivity index (χ3n) is 3.21. The van der Waals surface area contributed by atoms with E-state index in [0.717, 1.165) is 24.2 Å². The smallest absolute Gasteiger partial charge is 0.326 e. The largest absolute Gasteiger partial charge is 0.480 e. The summed E-state index contributed by atoms with van der Waals surface area (Å²) in [6, 6.07) is 0.809. The van der Waals surface area contributed by atoms with Crippen molar-refractivity contribution in [1.29, 1.82) is 0 Å². The number of hydrogen-bond acceptors (Lipinski definition) is 6. The first kappa shape index (κ1) is 17.0. The van der Waals surface area contributed by atoms with Crippen molar-refractivity contribution >= 4 is 23.2 Å². The number of nitrogens with zero attached hydrogens (tertiary/aromatic N) is 3. The number of unbranched alkanes of at least 4 members (excludes halogenated alkanes) is 1. The highest BCUT2D eigenvalue weighted by Crippen LogP contribution is 2.25. The van der Waals surface area contributed by atoms with Crippen molar-refractivity contribution in [2.45, 2.75) is 39.2 Å². The molecule has 1 amide bonds. The number of thiazole rings is 1. The fourth-order valence-electron chi connectivity index (χ4n) is 2.00. The Bertz CT molecular complexity index is 687. The van der Waals surface area contributed by atoms with E-state index >= 15 is 0 Å². The molecule has 2 rings (SSSR count). The van der Waals surface area contributed by atoms with Crippen LogP contribution in [-0.4, -0.2) is 38.0 Å². The topological polar surface area (TPSA) is 105 Å². The number of hydrogen-bond donors (Lipinski definition) is 2. The third kappa shape index (κ3) is 4.32. The first-order valence-corrected chi connectivity index (χ1v) is 8.13. The standard InChI is InChI=1S/C15H18N4O3S/c1-3-4-6-10(15(21)22)19-13(20)11-9(2)18-14(23-11)12-16-7-5-8-17-12/h5,7-8,10H,3-4,6H2,1-2H3,(H,19,20)(H,21,22)/t10-/m0/s1. The van der Waals surface area contributed by atoms with Crippen LogP contribution < -0.4 is 5.32 Å². The maximum Gasteiger partial charge on any atom is 0.326 e. The van der Waals surface area contributed by atoms with Gasteiger partial charge in [-0.15, -0.1) is 11.3 Å². The molecule has 8 heteroatoms. The molecule has 0 aliphatic heterocycles. The summed E-state index contributed by atoms with van der Waals surface area (Å²) in [7, 11) is 0. The Labute approximate surface area is 137 Å². The lowest BCUT2D eigenvalue weighted by Gasteiger charge is -2.13. The quantitative estimate of drug-likeness (QED) is 0.805. The van der Waals surface area contributed by atoms with E-state index in [1.165, 1.54) is 0 Å². The van der Waals surface area contributed by atoms with Gasteiger partial charge in [0.15, 0.2) is 10.8 Å². The highest BCUT2D eigenvalue weighted by Gasteiger charge is 2.23. The number of nitrogens with one attached hydrogen (secondary N) is 1. The van der Waals surface area contributed by atoms with Gasteiger partial charge >= 0.3 is 5.97 Å². The summed E-state index contributed by atoms with van der Waals surface area (Å²) >= 11 is 1.16. The molecule has 7 nitrogen and oxygen atoms in total. The molecule has 0 spiro atoms. The number of aliphatic carboxylic acids is 1. The van der Waals surface area contributed by atoms with Crippen LogP contribution in [0.4, 0.5) is 0 Å². The summed E-state index contributed by atoms with van der Waals surface area (Å²) in [5.74, 6) is -1.01. The van der Waals surface area contributed by atoms with Crippen LogP contribution in [0.3, 0.4) is 0 Å². The molecule has 2 aromatic heterocycles. The highest BCUT2D eigenvalue weighted by molar-refractivity contribution is 7.17. The van der Waals surface area contributed by atoms with Gasteiger partial charge in [-0.3, -0.25) is 4.79 Å². The number of carbonyl (C=O) groups is 2.